The molecule has 0 radical (unpaired) electrons. The lowest BCUT2D eigenvalue weighted by Crippen LogP contribution is -2.11. The maximum absolute atomic E-state index is 14.1. The number of amides is 1. The molecule has 0 atom stereocenters. The number of nitrogens with zero attached hydrogens (tertiary/aromatic N) is 3. The summed E-state index contributed by atoms with van der Waals surface area (Å²) in [6, 6.07) is 6.14. The first-order valence-corrected chi connectivity index (χ1v) is 11.3. The molecule has 2 aromatic rings. The predicted octanol–water partition coefficient (Wildman–Crippen LogP) is 4.76. The van der Waals surface area contributed by atoms with Crippen LogP contribution in [0.2, 0.25) is 0 Å². The van der Waals surface area contributed by atoms with E-state index < -0.39 is 17.5 Å². The van der Waals surface area contributed by atoms with Gasteiger partial charge < -0.3 is 10.2 Å². The van der Waals surface area contributed by atoms with Gasteiger partial charge in [-0.1, -0.05) is 13.8 Å². The van der Waals surface area contributed by atoms with Crippen LogP contribution < -0.4 is 5.32 Å². The van der Waals surface area contributed by atoms with Gasteiger partial charge in [0.1, 0.15) is 23.2 Å². The van der Waals surface area contributed by atoms with Crippen LogP contribution in [0.1, 0.15) is 31.3 Å². The van der Waals surface area contributed by atoms with Gasteiger partial charge in [-0.25, -0.2) is 4.39 Å². The molecular formula is C18H20FIN4O2S. The molecule has 0 saturated carbocycles. The molecule has 6 nitrogen and oxygen atoms in total. The molecule has 0 aliphatic heterocycles. The van der Waals surface area contributed by atoms with Gasteiger partial charge in [-0.2, -0.15) is 5.26 Å². The third kappa shape index (κ3) is 5.46. The minimum absolute atomic E-state index is 0.0259. The average molecular weight is 502 g/mol. The molecule has 2 rings (SSSR count). The van der Waals surface area contributed by atoms with E-state index in [0.29, 0.717) is 10.9 Å². The van der Waals surface area contributed by atoms with Crippen LogP contribution in [0, 0.1) is 17.1 Å². The zero-order valence-electron chi connectivity index (χ0n) is 15.6. The number of benzene rings is 1. The normalized spacial score (nSPS) is 10.7. The second-order valence-electron chi connectivity index (χ2n) is 5.41. The molecule has 0 spiro atoms. The second kappa shape index (κ2) is 10.3. The highest BCUT2D eigenvalue weighted by Gasteiger charge is 2.21. The molecule has 1 aromatic carbocycles. The highest BCUT2D eigenvalue weighted by molar-refractivity contribution is 14.2. The molecule has 0 bridgehead atoms. The largest absolute Gasteiger partial charge is 0.382 e. The first-order chi connectivity index (χ1) is 12.8. The van der Waals surface area contributed by atoms with Crippen molar-refractivity contribution in [3.8, 4) is 6.07 Å². The summed E-state index contributed by atoms with van der Waals surface area (Å²) < 4.78 is 15.7. The van der Waals surface area contributed by atoms with Crippen LogP contribution in [-0.4, -0.2) is 34.7 Å². The van der Waals surface area contributed by atoms with Crippen LogP contribution >= 0.6 is 30.3 Å². The summed E-state index contributed by atoms with van der Waals surface area (Å²) in [6.45, 7) is 5.29. The second-order valence-corrected chi connectivity index (χ2v) is 7.10. The summed E-state index contributed by atoms with van der Waals surface area (Å²) in [6.07, 6.45) is 1.44. The summed E-state index contributed by atoms with van der Waals surface area (Å²) in [5, 5.41) is 12.2. The number of ketones is 1. The number of nitriles is 1. The van der Waals surface area contributed by atoms with Crippen LogP contribution in [0.4, 0.5) is 10.1 Å². The third-order valence-electron chi connectivity index (χ3n) is 3.21. The van der Waals surface area contributed by atoms with Gasteiger partial charge in [-0.3, -0.25) is 13.6 Å². The van der Waals surface area contributed by atoms with E-state index in [1.807, 2.05) is 41.1 Å². The van der Waals surface area contributed by atoms with E-state index in [-0.39, 0.29) is 17.0 Å². The average Bonchev–Trinajstić information content (AvgIpc) is 2.97. The SMILES string of the molecule is CC.CC(=O)Nc1cc2c(cc1F)cc(C(=O)/C(C#N)=C/N(C)C)n2SI. The van der Waals surface area contributed by atoms with Gasteiger partial charge in [0.15, 0.2) is 0 Å². The summed E-state index contributed by atoms with van der Waals surface area (Å²) in [5.41, 5.74) is 0.827. The van der Waals surface area contributed by atoms with Crippen LogP contribution in [0.3, 0.4) is 0 Å². The Labute approximate surface area is 174 Å². The van der Waals surface area contributed by atoms with Crippen molar-refractivity contribution in [1.29, 1.82) is 5.26 Å². The Bertz CT molecular complexity index is 932. The summed E-state index contributed by atoms with van der Waals surface area (Å²) in [4.78, 5) is 25.5. The molecule has 1 N–H and O–H groups in total. The van der Waals surface area contributed by atoms with E-state index in [9.17, 15) is 19.2 Å². The highest BCUT2D eigenvalue weighted by Crippen LogP contribution is 2.33. The van der Waals surface area contributed by atoms with Crippen LogP contribution in [-0.2, 0) is 4.79 Å². The number of allylic oxidation sites excluding steroid dienone is 1. The summed E-state index contributed by atoms with van der Waals surface area (Å²) in [7, 11) is 4.64. The fraction of sp³-hybridized carbons (Fsp3) is 0.278. The number of anilines is 1. The Balaban J connectivity index is 0.00000176. The Morgan fingerprint density at radius 2 is 1.96 bits per heavy atom. The van der Waals surface area contributed by atoms with E-state index in [1.54, 1.807) is 23.0 Å². The number of hydrogen-bond donors (Lipinski definition) is 1. The Morgan fingerprint density at radius 1 is 1.33 bits per heavy atom. The zero-order chi connectivity index (χ0) is 20.7. The number of Topliss-reactive ketones (excluding diaryl/α,β-unsaturated/α-hetero) is 1. The Morgan fingerprint density at radius 3 is 2.44 bits per heavy atom. The fourth-order valence-corrected chi connectivity index (χ4v) is 3.97. The summed E-state index contributed by atoms with van der Waals surface area (Å²) in [5.74, 6) is -1.45. The molecule has 144 valence electrons. The van der Waals surface area contributed by atoms with Crippen molar-refractivity contribution in [3.05, 3.63) is 41.5 Å². The van der Waals surface area contributed by atoms with E-state index in [4.69, 9.17) is 0 Å². The van der Waals surface area contributed by atoms with Crippen molar-refractivity contribution in [2.75, 3.05) is 19.4 Å². The number of rotatable bonds is 5. The molecule has 0 fully saturated rings. The van der Waals surface area contributed by atoms with Gasteiger partial charge in [-0.05, 0) is 18.2 Å². The number of hydrogen-bond acceptors (Lipinski definition) is 5. The first-order valence-electron chi connectivity index (χ1n) is 8.03. The van der Waals surface area contributed by atoms with Gasteiger partial charge in [0, 0.05) is 62.9 Å². The van der Waals surface area contributed by atoms with Crippen molar-refractivity contribution in [2.45, 2.75) is 20.8 Å². The lowest BCUT2D eigenvalue weighted by Gasteiger charge is -2.08. The highest BCUT2D eigenvalue weighted by atomic mass is 127. The summed E-state index contributed by atoms with van der Waals surface area (Å²) >= 11 is 2.00. The van der Waals surface area contributed by atoms with Crippen LogP contribution in [0.5, 0.6) is 0 Å². The minimum atomic E-state index is -0.596. The van der Waals surface area contributed by atoms with Crippen molar-refractivity contribution in [2.24, 2.45) is 0 Å². The third-order valence-corrected chi connectivity index (χ3v) is 4.92. The van der Waals surface area contributed by atoms with Crippen molar-refractivity contribution < 1.29 is 14.0 Å². The van der Waals surface area contributed by atoms with E-state index in [1.165, 1.54) is 40.4 Å². The number of fused-ring (bicyclic) bond motifs is 1. The monoisotopic (exact) mass is 502 g/mol. The first kappa shape index (κ1) is 23.0. The zero-order valence-corrected chi connectivity index (χ0v) is 18.6. The Hall–Kier alpha value is -2.06. The number of nitrogens with one attached hydrogen (secondary N) is 1. The molecule has 0 saturated heterocycles. The van der Waals surface area contributed by atoms with Gasteiger partial charge in [0.2, 0.25) is 11.7 Å². The molecule has 1 amide bonds. The minimum Gasteiger partial charge on any atom is -0.382 e. The standard InChI is InChI=1S/C16H14FIN4O2S.C2H6/c1-9(23)20-13-6-14-10(4-12(13)17)5-15(22(14)25-18)16(24)11(7-19)8-21(2)3;1-2/h4-6,8H,1-3H3,(H,20,23);1-2H3/b11-8+;. The molecule has 27 heavy (non-hydrogen) atoms. The fourth-order valence-electron chi connectivity index (χ4n) is 2.26. The van der Waals surface area contributed by atoms with Crippen molar-refractivity contribution >= 4 is 58.6 Å². The number of carbonyl (C=O) groups is 2. The van der Waals surface area contributed by atoms with Crippen molar-refractivity contribution in [3.63, 3.8) is 0 Å². The molecule has 1 heterocycles. The lowest BCUT2D eigenvalue weighted by molar-refractivity contribution is -0.114. The lowest BCUT2D eigenvalue weighted by atomic mass is 10.1. The molecule has 9 heteroatoms. The Kier molecular flexibility index (Phi) is 8.78. The molecule has 0 unspecified atom stereocenters. The quantitative estimate of drug-likeness (QED) is 0.276. The van der Waals surface area contributed by atoms with Gasteiger partial charge in [-0.15, -0.1) is 0 Å². The molecule has 0 aliphatic carbocycles. The number of carbonyl (C=O) groups excluding carboxylic acids is 2. The number of aromatic nitrogens is 1. The topological polar surface area (TPSA) is 78.1 Å². The van der Waals surface area contributed by atoms with Crippen molar-refractivity contribution in [1.82, 2.24) is 8.87 Å². The smallest absolute Gasteiger partial charge is 0.222 e. The van der Waals surface area contributed by atoms with Crippen LogP contribution in [0.15, 0.2) is 30.0 Å². The number of halogens is 2. The van der Waals surface area contributed by atoms with E-state index >= 15 is 0 Å². The molecule has 0 aliphatic rings. The van der Waals surface area contributed by atoms with Crippen LogP contribution in [0.25, 0.3) is 10.9 Å². The maximum Gasteiger partial charge on any atom is 0.222 e. The molecule has 1 aromatic heterocycles. The predicted molar refractivity (Wildman–Crippen MR) is 116 cm³/mol. The molecular weight excluding hydrogens is 482 g/mol. The van der Waals surface area contributed by atoms with Gasteiger partial charge >= 0.3 is 0 Å². The maximum atomic E-state index is 14.1. The van der Waals surface area contributed by atoms with E-state index in [0.717, 1.165) is 0 Å². The van der Waals surface area contributed by atoms with Gasteiger partial charge in [0.05, 0.1) is 11.2 Å². The van der Waals surface area contributed by atoms with E-state index in [2.05, 4.69) is 5.32 Å². The van der Waals surface area contributed by atoms with Gasteiger partial charge in [0.25, 0.3) is 0 Å².